The topological polar surface area (TPSA) is 88.9 Å². The predicted octanol–water partition coefficient (Wildman–Crippen LogP) is 3.40. The van der Waals surface area contributed by atoms with Gasteiger partial charge in [-0.2, -0.15) is 9.90 Å². The van der Waals surface area contributed by atoms with E-state index in [1.165, 1.54) is 16.1 Å². The molecule has 0 spiro atoms. The molecule has 28 heavy (non-hydrogen) atoms. The normalized spacial score (nSPS) is 13.4. The molecule has 2 aromatic heterocycles. The van der Waals surface area contributed by atoms with Gasteiger partial charge in [-0.25, -0.2) is 0 Å². The van der Waals surface area contributed by atoms with Gasteiger partial charge in [-0.3, -0.25) is 9.59 Å². The average molecular weight is 395 g/mol. The van der Waals surface area contributed by atoms with Crippen LogP contribution in [-0.2, 0) is 0 Å². The van der Waals surface area contributed by atoms with E-state index < -0.39 is 0 Å². The molecule has 3 aromatic rings. The Hall–Kier alpha value is -3.00. The number of aryl methyl sites for hydroxylation is 3. The van der Waals surface area contributed by atoms with E-state index in [1.54, 1.807) is 18.4 Å². The Balaban J connectivity index is 1.55. The summed E-state index contributed by atoms with van der Waals surface area (Å²) in [5.74, 6) is -0.536. The molecule has 0 atom stereocenters. The molecule has 8 heteroatoms. The average Bonchev–Trinajstić information content (AvgIpc) is 3.18. The van der Waals surface area contributed by atoms with Crippen LogP contribution in [0.15, 0.2) is 29.6 Å². The van der Waals surface area contributed by atoms with Crippen molar-refractivity contribution in [3.63, 3.8) is 0 Å². The van der Waals surface area contributed by atoms with Gasteiger partial charge >= 0.3 is 0 Å². The van der Waals surface area contributed by atoms with E-state index in [1.807, 2.05) is 32.0 Å². The van der Waals surface area contributed by atoms with Gasteiger partial charge in [0.05, 0.1) is 16.9 Å². The summed E-state index contributed by atoms with van der Waals surface area (Å²) in [5, 5.41) is 16.8. The second kappa shape index (κ2) is 7.20. The van der Waals surface area contributed by atoms with Crippen molar-refractivity contribution in [1.82, 2.24) is 20.3 Å². The SMILES string of the molecule is Cc1ccc(-n2nc(C)c(C(=O)Nc3sccc3C(=O)NC3CC3)n2)c(C)c1. The summed E-state index contributed by atoms with van der Waals surface area (Å²) in [6.45, 7) is 5.75. The van der Waals surface area contributed by atoms with Crippen LogP contribution in [0.5, 0.6) is 0 Å². The highest BCUT2D eigenvalue weighted by atomic mass is 32.1. The van der Waals surface area contributed by atoms with Crippen LogP contribution in [0.1, 0.15) is 50.5 Å². The maximum Gasteiger partial charge on any atom is 0.278 e. The Morgan fingerprint density at radius 2 is 1.89 bits per heavy atom. The molecule has 0 aliphatic heterocycles. The van der Waals surface area contributed by atoms with Gasteiger partial charge in [0.2, 0.25) is 0 Å². The zero-order chi connectivity index (χ0) is 19.8. The van der Waals surface area contributed by atoms with Gasteiger partial charge in [0.25, 0.3) is 11.8 Å². The maximum atomic E-state index is 12.8. The molecule has 1 aliphatic rings. The van der Waals surface area contributed by atoms with Crippen LogP contribution >= 0.6 is 11.3 Å². The second-order valence-electron chi connectivity index (χ2n) is 7.08. The third-order valence-electron chi connectivity index (χ3n) is 4.61. The summed E-state index contributed by atoms with van der Waals surface area (Å²) in [5.41, 5.74) is 4.25. The minimum atomic E-state index is -0.378. The van der Waals surface area contributed by atoms with Crippen LogP contribution in [0.2, 0.25) is 0 Å². The summed E-state index contributed by atoms with van der Waals surface area (Å²) in [6, 6.07) is 7.94. The predicted molar refractivity (Wildman–Crippen MR) is 108 cm³/mol. The second-order valence-corrected chi connectivity index (χ2v) is 7.99. The molecule has 0 unspecified atom stereocenters. The standard InChI is InChI=1S/C20H21N5O2S/c1-11-4-7-16(12(2)10-11)25-23-13(3)17(24-25)19(27)22-20-15(8-9-28-20)18(26)21-14-5-6-14/h4,7-10,14H,5-6H2,1-3H3,(H,21,26)(H,22,27). The number of carbonyl (C=O) groups excluding carboxylic acids is 2. The van der Waals surface area contributed by atoms with Crippen LogP contribution in [-0.4, -0.2) is 32.9 Å². The van der Waals surface area contributed by atoms with Gasteiger partial charge in [0.15, 0.2) is 5.69 Å². The molecule has 0 radical (unpaired) electrons. The van der Waals surface area contributed by atoms with Crippen molar-refractivity contribution in [2.24, 2.45) is 0 Å². The van der Waals surface area contributed by atoms with Gasteiger partial charge in [-0.05, 0) is 56.7 Å². The molecule has 1 aliphatic carbocycles. The Kier molecular flexibility index (Phi) is 4.72. The number of thiophene rings is 1. The highest BCUT2D eigenvalue weighted by Crippen LogP contribution is 2.26. The monoisotopic (exact) mass is 395 g/mol. The lowest BCUT2D eigenvalue weighted by molar-refractivity contribution is 0.0952. The van der Waals surface area contributed by atoms with Crippen LogP contribution in [0, 0.1) is 20.8 Å². The molecule has 2 N–H and O–H groups in total. The maximum absolute atomic E-state index is 12.8. The molecule has 1 fully saturated rings. The van der Waals surface area contributed by atoms with E-state index in [-0.39, 0.29) is 23.6 Å². The molecule has 0 saturated heterocycles. The largest absolute Gasteiger partial charge is 0.349 e. The van der Waals surface area contributed by atoms with Gasteiger partial charge in [-0.15, -0.1) is 16.4 Å². The summed E-state index contributed by atoms with van der Waals surface area (Å²) in [7, 11) is 0. The number of amides is 2. The number of nitrogens with zero attached hydrogens (tertiary/aromatic N) is 3. The molecule has 1 saturated carbocycles. The number of nitrogens with one attached hydrogen (secondary N) is 2. The smallest absolute Gasteiger partial charge is 0.278 e. The Morgan fingerprint density at radius 3 is 2.61 bits per heavy atom. The number of hydrogen-bond acceptors (Lipinski definition) is 5. The highest BCUT2D eigenvalue weighted by Gasteiger charge is 2.26. The molecule has 4 rings (SSSR count). The number of hydrogen-bond donors (Lipinski definition) is 2. The van der Waals surface area contributed by atoms with Crippen molar-refractivity contribution in [3.8, 4) is 5.69 Å². The van der Waals surface area contributed by atoms with Crippen LogP contribution in [0.25, 0.3) is 5.69 Å². The molecule has 144 valence electrons. The Bertz CT molecular complexity index is 1060. The summed E-state index contributed by atoms with van der Waals surface area (Å²) in [4.78, 5) is 26.6. The highest BCUT2D eigenvalue weighted by molar-refractivity contribution is 7.14. The van der Waals surface area contributed by atoms with E-state index in [9.17, 15) is 9.59 Å². The minimum Gasteiger partial charge on any atom is -0.349 e. The first kappa shape index (κ1) is 18.4. The number of aromatic nitrogens is 3. The molecule has 0 bridgehead atoms. The zero-order valence-corrected chi connectivity index (χ0v) is 16.8. The van der Waals surface area contributed by atoms with E-state index in [0.717, 1.165) is 29.7 Å². The quantitative estimate of drug-likeness (QED) is 0.693. The number of rotatable bonds is 5. The lowest BCUT2D eigenvalue weighted by Crippen LogP contribution is -2.26. The molecule has 1 aromatic carbocycles. The first-order chi connectivity index (χ1) is 13.4. The summed E-state index contributed by atoms with van der Waals surface area (Å²) >= 11 is 1.31. The Morgan fingerprint density at radius 1 is 1.11 bits per heavy atom. The fourth-order valence-electron chi connectivity index (χ4n) is 2.96. The lowest BCUT2D eigenvalue weighted by Gasteiger charge is -2.06. The van der Waals surface area contributed by atoms with E-state index >= 15 is 0 Å². The van der Waals surface area contributed by atoms with Crippen LogP contribution in [0.3, 0.4) is 0 Å². The first-order valence-electron chi connectivity index (χ1n) is 9.13. The number of anilines is 1. The third-order valence-corrected chi connectivity index (χ3v) is 5.44. The van der Waals surface area contributed by atoms with Gasteiger partial charge < -0.3 is 10.6 Å². The van der Waals surface area contributed by atoms with Crippen molar-refractivity contribution in [3.05, 3.63) is 57.7 Å². The van der Waals surface area contributed by atoms with Crippen molar-refractivity contribution in [2.75, 3.05) is 5.32 Å². The van der Waals surface area contributed by atoms with Crippen LogP contribution < -0.4 is 10.6 Å². The van der Waals surface area contributed by atoms with Gasteiger partial charge in [-0.1, -0.05) is 17.7 Å². The molecular formula is C20H21N5O2S. The fraction of sp³-hybridized carbons (Fsp3) is 0.300. The number of benzene rings is 1. The molecule has 2 heterocycles. The first-order valence-corrected chi connectivity index (χ1v) is 10.0. The van der Waals surface area contributed by atoms with Gasteiger partial charge in [0.1, 0.15) is 5.00 Å². The van der Waals surface area contributed by atoms with Crippen molar-refractivity contribution in [2.45, 2.75) is 39.7 Å². The Labute approximate surface area is 166 Å². The third kappa shape index (κ3) is 3.68. The molecular weight excluding hydrogens is 374 g/mol. The lowest BCUT2D eigenvalue weighted by atomic mass is 10.1. The summed E-state index contributed by atoms with van der Waals surface area (Å²) < 4.78 is 0. The minimum absolute atomic E-state index is 0.158. The van der Waals surface area contributed by atoms with Gasteiger partial charge in [0, 0.05) is 6.04 Å². The van der Waals surface area contributed by atoms with Crippen molar-refractivity contribution in [1.29, 1.82) is 0 Å². The van der Waals surface area contributed by atoms with Crippen molar-refractivity contribution < 1.29 is 9.59 Å². The fourth-order valence-corrected chi connectivity index (χ4v) is 3.74. The summed E-state index contributed by atoms with van der Waals surface area (Å²) in [6.07, 6.45) is 2.02. The zero-order valence-electron chi connectivity index (χ0n) is 15.9. The molecule has 2 amide bonds. The van der Waals surface area contributed by atoms with Crippen LogP contribution in [0.4, 0.5) is 5.00 Å². The van der Waals surface area contributed by atoms with E-state index in [0.29, 0.717) is 16.3 Å². The van der Waals surface area contributed by atoms with E-state index in [4.69, 9.17) is 0 Å². The molecule has 7 nitrogen and oxygen atoms in total. The van der Waals surface area contributed by atoms with E-state index in [2.05, 4.69) is 20.8 Å². The van der Waals surface area contributed by atoms with Crippen molar-refractivity contribution >= 4 is 28.2 Å². The number of carbonyl (C=O) groups is 2.